The smallest absolute Gasteiger partial charge is 0.308 e. The van der Waals surface area contributed by atoms with Gasteiger partial charge in [0.1, 0.15) is 0 Å². The molecule has 0 radical (unpaired) electrons. The lowest BCUT2D eigenvalue weighted by molar-refractivity contribution is -0.132. The second kappa shape index (κ2) is 8.14. The molecule has 0 aromatic heterocycles. The minimum atomic E-state index is -0.401. The van der Waals surface area contributed by atoms with Crippen LogP contribution in [0.1, 0.15) is 30.9 Å². The number of phenols is 1. The van der Waals surface area contributed by atoms with Crippen molar-refractivity contribution in [2.45, 2.75) is 25.8 Å². The highest BCUT2D eigenvalue weighted by molar-refractivity contribution is 6.06. The zero-order valence-corrected chi connectivity index (χ0v) is 17.3. The van der Waals surface area contributed by atoms with E-state index < -0.39 is 5.97 Å². The number of methoxy groups -OCH3 is 2. The number of phenolic OH excluding ortho intramolecular Hbond substituents is 1. The molecule has 0 amide bonds. The minimum absolute atomic E-state index is 0.104. The Morgan fingerprint density at radius 3 is 2.43 bits per heavy atom. The van der Waals surface area contributed by atoms with E-state index in [1.165, 1.54) is 6.92 Å². The highest BCUT2D eigenvalue weighted by Crippen LogP contribution is 2.42. The van der Waals surface area contributed by atoms with Crippen molar-refractivity contribution in [2.24, 2.45) is 0 Å². The number of esters is 1. The van der Waals surface area contributed by atoms with Crippen molar-refractivity contribution < 1.29 is 24.1 Å². The number of ether oxygens (including phenoxy) is 3. The van der Waals surface area contributed by atoms with Gasteiger partial charge in [-0.25, -0.2) is 0 Å². The van der Waals surface area contributed by atoms with Crippen LogP contribution in [0, 0.1) is 0 Å². The first kappa shape index (κ1) is 19.9. The highest BCUT2D eigenvalue weighted by atomic mass is 16.6. The van der Waals surface area contributed by atoms with Crippen molar-refractivity contribution in [2.75, 3.05) is 20.8 Å². The first-order valence-electron chi connectivity index (χ1n) is 9.94. The lowest BCUT2D eigenvalue weighted by Gasteiger charge is -2.29. The monoisotopic (exact) mass is 407 g/mol. The molecule has 156 valence electrons. The summed E-state index contributed by atoms with van der Waals surface area (Å²) in [5.41, 5.74) is 3.93. The Hall–Kier alpha value is -3.41. The van der Waals surface area contributed by atoms with E-state index in [2.05, 4.69) is 17.2 Å². The minimum Gasteiger partial charge on any atom is -0.504 e. The number of aromatic hydroxyl groups is 1. The maximum Gasteiger partial charge on any atom is 0.308 e. The van der Waals surface area contributed by atoms with E-state index in [1.54, 1.807) is 26.4 Å². The summed E-state index contributed by atoms with van der Waals surface area (Å²) in [4.78, 5) is 13.9. The average Bonchev–Trinajstić information content (AvgIpc) is 3.20. The van der Waals surface area contributed by atoms with Crippen LogP contribution >= 0.6 is 0 Å². The van der Waals surface area contributed by atoms with Crippen LogP contribution < -0.4 is 14.2 Å². The van der Waals surface area contributed by atoms with E-state index in [-0.39, 0.29) is 5.75 Å². The zero-order valence-electron chi connectivity index (χ0n) is 17.3. The maximum absolute atomic E-state index is 11.6. The van der Waals surface area contributed by atoms with Gasteiger partial charge in [0.05, 0.1) is 14.2 Å². The molecule has 0 bridgehead atoms. The largest absolute Gasteiger partial charge is 0.504 e. The third-order valence-corrected chi connectivity index (χ3v) is 5.51. The van der Waals surface area contributed by atoms with Gasteiger partial charge in [0.2, 0.25) is 0 Å². The lowest BCUT2D eigenvalue weighted by Crippen LogP contribution is -2.25. The van der Waals surface area contributed by atoms with E-state index in [9.17, 15) is 9.90 Å². The van der Waals surface area contributed by atoms with Gasteiger partial charge in [-0.2, -0.15) is 0 Å². The molecule has 2 aromatic carbocycles. The molecule has 1 N–H and O–H groups in total. The molecule has 6 nitrogen and oxygen atoms in total. The summed E-state index contributed by atoms with van der Waals surface area (Å²) in [7, 11) is 3.09. The van der Waals surface area contributed by atoms with Gasteiger partial charge in [-0.15, -0.1) is 0 Å². The topological polar surface area (TPSA) is 68.2 Å². The fraction of sp³-hybridized carbons (Fsp3) is 0.292. The second-order valence-corrected chi connectivity index (χ2v) is 7.42. The first-order chi connectivity index (χ1) is 14.5. The third-order valence-electron chi connectivity index (χ3n) is 5.51. The SMILES string of the molecule is COc1cc(C2=C[C@@H]3CCCN3C=C2c2ccc(OC)c(OC(C)=O)c2)ccc1O. The molecule has 1 saturated heterocycles. The van der Waals surface area contributed by atoms with E-state index in [0.717, 1.165) is 41.7 Å². The van der Waals surface area contributed by atoms with Crippen molar-refractivity contribution >= 4 is 17.1 Å². The van der Waals surface area contributed by atoms with Crippen LogP contribution in [0.25, 0.3) is 11.1 Å². The van der Waals surface area contributed by atoms with Gasteiger partial charge in [-0.05, 0) is 53.8 Å². The predicted octanol–water partition coefficient (Wildman–Crippen LogP) is 4.24. The van der Waals surface area contributed by atoms with Crippen LogP contribution in [0.4, 0.5) is 0 Å². The normalized spacial score (nSPS) is 17.7. The van der Waals surface area contributed by atoms with Crippen molar-refractivity contribution in [3.05, 3.63) is 59.8 Å². The molecule has 2 aliphatic rings. The van der Waals surface area contributed by atoms with Crippen molar-refractivity contribution in [3.8, 4) is 23.0 Å². The number of rotatable bonds is 5. The molecule has 2 aromatic rings. The van der Waals surface area contributed by atoms with Crippen LogP contribution in [0.2, 0.25) is 0 Å². The Labute approximate surface area is 176 Å². The number of fused-ring (bicyclic) bond motifs is 1. The molecule has 1 fully saturated rings. The van der Waals surface area contributed by atoms with E-state index in [0.29, 0.717) is 23.3 Å². The van der Waals surface area contributed by atoms with Gasteiger partial charge >= 0.3 is 5.97 Å². The molecule has 2 heterocycles. The lowest BCUT2D eigenvalue weighted by atomic mass is 9.88. The van der Waals surface area contributed by atoms with E-state index in [4.69, 9.17) is 14.2 Å². The summed E-state index contributed by atoms with van der Waals surface area (Å²) < 4.78 is 16.0. The van der Waals surface area contributed by atoms with Gasteiger partial charge in [-0.1, -0.05) is 18.2 Å². The van der Waals surface area contributed by atoms with Gasteiger partial charge < -0.3 is 24.2 Å². The third kappa shape index (κ3) is 3.73. The number of nitrogens with zero attached hydrogens (tertiary/aromatic N) is 1. The summed E-state index contributed by atoms with van der Waals surface area (Å²) in [5.74, 6) is 1.02. The Kier molecular flexibility index (Phi) is 5.40. The number of carbonyl (C=O) groups excluding carboxylic acids is 1. The average molecular weight is 407 g/mol. The fourth-order valence-corrected chi connectivity index (χ4v) is 4.08. The molecule has 0 aliphatic carbocycles. The molecule has 30 heavy (non-hydrogen) atoms. The molecule has 4 rings (SSSR count). The van der Waals surface area contributed by atoms with Gasteiger partial charge in [0, 0.05) is 31.3 Å². The Balaban J connectivity index is 1.82. The van der Waals surface area contributed by atoms with Crippen LogP contribution in [-0.2, 0) is 4.79 Å². The van der Waals surface area contributed by atoms with Crippen LogP contribution in [0.5, 0.6) is 23.0 Å². The molecular formula is C24H25NO5. The molecule has 0 spiro atoms. The highest BCUT2D eigenvalue weighted by Gasteiger charge is 2.28. The number of hydrogen-bond acceptors (Lipinski definition) is 6. The van der Waals surface area contributed by atoms with Gasteiger partial charge in [0.25, 0.3) is 0 Å². The number of benzene rings is 2. The molecule has 2 aliphatic heterocycles. The van der Waals surface area contributed by atoms with Crippen molar-refractivity contribution in [1.29, 1.82) is 0 Å². The van der Waals surface area contributed by atoms with Crippen LogP contribution in [0.3, 0.4) is 0 Å². The summed E-state index contributed by atoms with van der Waals surface area (Å²) in [6.07, 6.45) is 6.68. The molecule has 1 atom stereocenters. The second-order valence-electron chi connectivity index (χ2n) is 7.42. The fourth-order valence-electron chi connectivity index (χ4n) is 4.08. The standard InChI is InChI=1S/C24H25NO5/c1-15(26)30-24-12-17(7-9-22(24)28-2)20-14-25-10-4-5-18(25)13-19(20)16-6-8-21(27)23(11-16)29-3/h6-9,11-14,18,27H,4-5,10H2,1-3H3/t18-/m0/s1. The number of carbonyl (C=O) groups is 1. The molecule has 6 heteroatoms. The summed E-state index contributed by atoms with van der Waals surface area (Å²) in [5, 5.41) is 10.0. The van der Waals surface area contributed by atoms with Crippen LogP contribution in [-0.4, -0.2) is 42.8 Å². The molecular weight excluding hydrogens is 382 g/mol. The number of hydrogen-bond donors (Lipinski definition) is 1. The quantitative estimate of drug-likeness (QED) is 0.591. The van der Waals surface area contributed by atoms with Crippen molar-refractivity contribution in [3.63, 3.8) is 0 Å². The molecule has 0 saturated carbocycles. The van der Waals surface area contributed by atoms with Crippen LogP contribution in [0.15, 0.2) is 48.7 Å². The van der Waals surface area contributed by atoms with Gasteiger partial charge in [-0.3, -0.25) is 4.79 Å². The van der Waals surface area contributed by atoms with E-state index >= 15 is 0 Å². The zero-order chi connectivity index (χ0) is 21.3. The number of allylic oxidation sites excluding steroid dienone is 2. The molecule has 0 unspecified atom stereocenters. The Bertz CT molecular complexity index is 1040. The van der Waals surface area contributed by atoms with E-state index in [1.807, 2.05) is 24.3 Å². The predicted molar refractivity (Wildman–Crippen MR) is 115 cm³/mol. The maximum atomic E-state index is 11.6. The Morgan fingerprint density at radius 1 is 1.00 bits per heavy atom. The summed E-state index contributed by atoms with van der Waals surface area (Å²) in [6, 6.07) is 11.3. The Morgan fingerprint density at radius 2 is 1.70 bits per heavy atom. The van der Waals surface area contributed by atoms with Gasteiger partial charge in [0.15, 0.2) is 23.0 Å². The summed E-state index contributed by atoms with van der Waals surface area (Å²) in [6.45, 7) is 2.37. The summed E-state index contributed by atoms with van der Waals surface area (Å²) >= 11 is 0. The van der Waals surface area contributed by atoms with Crippen molar-refractivity contribution in [1.82, 2.24) is 4.90 Å². The first-order valence-corrected chi connectivity index (χ1v) is 9.94.